The summed E-state index contributed by atoms with van der Waals surface area (Å²) in [5, 5.41) is 10.1. The summed E-state index contributed by atoms with van der Waals surface area (Å²) in [6, 6.07) is 10.9. The predicted octanol–water partition coefficient (Wildman–Crippen LogP) is 4.54. The van der Waals surface area contributed by atoms with Crippen LogP contribution in [0, 0.1) is 11.3 Å². The first kappa shape index (κ1) is 21.4. The highest BCUT2D eigenvalue weighted by Gasteiger charge is 2.41. The average Bonchev–Trinajstić information content (AvgIpc) is 3.21. The molecule has 3 aliphatic rings. The number of H-pyrrole nitrogens is 1. The number of nitrogens with zero attached hydrogens (tertiary/aromatic N) is 4. The molecule has 0 atom stereocenters. The van der Waals surface area contributed by atoms with Gasteiger partial charge in [-0.15, -0.1) is 0 Å². The summed E-state index contributed by atoms with van der Waals surface area (Å²) < 4.78 is 0. The van der Waals surface area contributed by atoms with Crippen molar-refractivity contribution in [1.82, 2.24) is 14.9 Å². The third-order valence-corrected chi connectivity index (χ3v) is 8.39. The summed E-state index contributed by atoms with van der Waals surface area (Å²) in [5.74, 6) is 0.0538. The number of anilines is 1. The Bertz CT molecular complexity index is 1350. The van der Waals surface area contributed by atoms with Gasteiger partial charge in [0.1, 0.15) is 17.4 Å². The van der Waals surface area contributed by atoms with Crippen LogP contribution in [0.5, 0.6) is 0 Å². The normalized spacial score (nSPS) is 20.1. The minimum atomic E-state index is -0.374. The third kappa shape index (κ3) is 3.03. The number of fused-ring (bicyclic) bond motifs is 4. The van der Waals surface area contributed by atoms with E-state index < -0.39 is 0 Å². The summed E-state index contributed by atoms with van der Waals surface area (Å²) in [6.45, 7) is 10.9. The smallest absolute Gasteiger partial charge is 0.195 e. The second kappa shape index (κ2) is 7.68. The molecule has 0 spiro atoms. The number of ketones is 1. The van der Waals surface area contributed by atoms with Crippen molar-refractivity contribution < 1.29 is 4.79 Å². The van der Waals surface area contributed by atoms with Crippen LogP contribution in [-0.4, -0.2) is 52.9 Å². The van der Waals surface area contributed by atoms with E-state index in [9.17, 15) is 10.1 Å². The molecule has 0 bridgehead atoms. The van der Waals surface area contributed by atoms with Crippen molar-refractivity contribution in [3.63, 3.8) is 0 Å². The molecule has 34 heavy (non-hydrogen) atoms. The van der Waals surface area contributed by atoms with Gasteiger partial charge >= 0.3 is 0 Å². The van der Waals surface area contributed by atoms with Gasteiger partial charge in [0.2, 0.25) is 0 Å². The molecule has 1 saturated heterocycles. The number of aromatic nitrogens is 2. The van der Waals surface area contributed by atoms with Crippen molar-refractivity contribution in [3.05, 3.63) is 57.9 Å². The van der Waals surface area contributed by atoms with Crippen LogP contribution in [-0.2, 0) is 11.8 Å². The Labute approximate surface area is 200 Å². The molecule has 1 N–H and O–H groups in total. The van der Waals surface area contributed by atoms with Gasteiger partial charge in [0, 0.05) is 60.0 Å². The molecule has 3 aromatic rings. The molecule has 6 rings (SSSR count). The van der Waals surface area contributed by atoms with Gasteiger partial charge < -0.3 is 9.88 Å². The van der Waals surface area contributed by atoms with Crippen molar-refractivity contribution in [2.75, 3.05) is 31.1 Å². The fraction of sp³-hybridized carbons (Fsp3) is 0.464. The second-order valence-corrected chi connectivity index (χ2v) is 10.5. The van der Waals surface area contributed by atoms with Gasteiger partial charge in [-0.3, -0.25) is 9.69 Å². The Hall–Kier alpha value is -3.17. The fourth-order valence-electron chi connectivity index (χ4n) is 6.10. The minimum absolute atomic E-state index is 0.0538. The lowest BCUT2D eigenvalue weighted by Crippen LogP contribution is -2.52. The number of hydrogen-bond donors (Lipinski definition) is 1. The molecule has 2 aliphatic carbocycles. The molecule has 0 radical (unpaired) electrons. The minimum Gasteiger partial charge on any atom is -0.369 e. The maximum atomic E-state index is 13.8. The SMILES string of the molecule is CCc1cc2c(cc1N1CCN(C3CCC3)CC1)C(C)(C)c1[nH]c3nc(C#N)ccc3c1C2=O. The summed E-state index contributed by atoms with van der Waals surface area (Å²) in [5.41, 5.74) is 6.59. The van der Waals surface area contributed by atoms with E-state index in [1.807, 2.05) is 6.07 Å². The molecule has 1 aromatic carbocycles. The van der Waals surface area contributed by atoms with Gasteiger partial charge in [-0.05, 0) is 54.7 Å². The Kier molecular flexibility index (Phi) is 4.82. The molecular weight excluding hydrogens is 422 g/mol. The van der Waals surface area contributed by atoms with E-state index in [-0.39, 0.29) is 11.2 Å². The zero-order chi connectivity index (χ0) is 23.6. The molecule has 3 heterocycles. The topological polar surface area (TPSA) is 76.0 Å². The van der Waals surface area contributed by atoms with Gasteiger partial charge in [0.25, 0.3) is 0 Å². The molecule has 1 saturated carbocycles. The van der Waals surface area contributed by atoms with E-state index in [0.29, 0.717) is 16.9 Å². The van der Waals surface area contributed by atoms with Crippen molar-refractivity contribution in [1.29, 1.82) is 5.26 Å². The van der Waals surface area contributed by atoms with Crippen molar-refractivity contribution >= 4 is 22.5 Å². The summed E-state index contributed by atoms with van der Waals surface area (Å²) in [4.78, 5) is 26.8. The third-order valence-electron chi connectivity index (χ3n) is 8.39. The quantitative estimate of drug-likeness (QED) is 0.630. The fourth-order valence-corrected chi connectivity index (χ4v) is 6.10. The van der Waals surface area contributed by atoms with E-state index in [2.05, 4.69) is 58.7 Å². The lowest BCUT2D eigenvalue weighted by atomic mass is 9.70. The maximum absolute atomic E-state index is 13.8. The number of carbonyl (C=O) groups is 1. The van der Waals surface area contributed by atoms with Crippen LogP contribution >= 0.6 is 0 Å². The number of carbonyl (C=O) groups excluding carboxylic acids is 1. The van der Waals surface area contributed by atoms with E-state index >= 15 is 0 Å². The molecule has 174 valence electrons. The Balaban J connectivity index is 1.42. The maximum Gasteiger partial charge on any atom is 0.195 e. The first-order chi connectivity index (χ1) is 16.4. The van der Waals surface area contributed by atoms with Crippen LogP contribution in [0.4, 0.5) is 5.69 Å². The van der Waals surface area contributed by atoms with E-state index in [1.54, 1.807) is 6.07 Å². The Morgan fingerprint density at radius 3 is 2.59 bits per heavy atom. The van der Waals surface area contributed by atoms with Crippen molar-refractivity contribution in [2.45, 2.75) is 57.9 Å². The largest absolute Gasteiger partial charge is 0.369 e. The number of pyridine rings is 1. The van der Waals surface area contributed by atoms with Gasteiger partial charge in [-0.2, -0.15) is 5.26 Å². The molecule has 0 unspecified atom stereocenters. The Morgan fingerprint density at radius 1 is 1.18 bits per heavy atom. The first-order valence-electron chi connectivity index (χ1n) is 12.6. The summed E-state index contributed by atoms with van der Waals surface area (Å²) >= 11 is 0. The predicted molar refractivity (Wildman–Crippen MR) is 134 cm³/mol. The molecule has 6 nitrogen and oxygen atoms in total. The van der Waals surface area contributed by atoms with Gasteiger partial charge in [0.05, 0.1) is 5.56 Å². The van der Waals surface area contributed by atoms with E-state index in [0.717, 1.165) is 60.8 Å². The summed E-state index contributed by atoms with van der Waals surface area (Å²) in [7, 11) is 0. The highest BCUT2D eigenvalue weighted by molar-refractivity contribution is 6.20. The zero-order valence-corrected chi connectivity index (χ0v) is 20.2. The monoisotopic (exact) mass is 453 g/mol. The number of aromatic amines is 1. The first-order valence-corrected chi connectivity index (χ1v) is 12.6. The average molecular weight is 454 g/mol. The number of nitrogens with one attached hydrogen (secondary N) is 1. The second-order valence-electron chi connectivity index (χ2n) is 10.5. The molecule has 2 fully saturated rings. The lowest BCUT2D eigenvalue weighted by molar-refractivity contribution is 0.103. The van der Waals surface area contributed by atoms with Gasteiger partial charge in [-0.25, -0.2) is 4.98 Å². The molecule has 6 heteroatoms. The van der Waals surface area contributed by atoms with Crippen LogP contribution in [0.2, 0.25) is 0 Å². The highest BCUT2D eigenvalue weighted by atomic mass is 16.1. The van der Waals surface area contributed by atoms with Crippen LogP contribution in [0.25, 0.3) is 11.0 Å². The molecule has 2 aromatic heterocycles. The number of rotatable bonds is 3. The van der Waals surface area contributed by atoms with Gasteiger partial charge in [-0.1, -0.05) is 27.2 Å². The van der Waals surface area contributed by atoms with Crippen molar-refractivity contribution in [3.8, 4) is 6.07 Å². The van der Waals surface area contributed by atoms with Gasteiger partial charge in [0.15, 0.2) is 5.78 Å². The number of nitriles is 1. The molecule has 1 aliphatic heterocycles. The van der Waals surface area contributed by atoms with Crippen LogP contribution in [0.15, 0.2) is 24.3 Å². The standard InChI is InChI=1S/C28H31N5O/c1-4-17-14-21-22(15-23(17)33-12-10-32(11-13-33)19-6-5-7-19)28(2,3)26-24(25(21)34)20-9-8-18(16-29)30-27(20)31-26/h8-9,14-15,19H,4-7,10-13H2,1-3H3,(H,30,31). The highest BCUT2D eigenvalue weighted by Crippen LogP contribution is 2.45. The van der Waals surface area contributed by atoms with E-state index in [1.165, 1.54) is 30.5 Å². The van der Waals surface area contributed by atoms with E-state index in [4.69, 9.17) is 0 Å². The number of aryl methyl sites for hydroxylation is 1. The van der Waals surface area contributed by atoms with Crippen LogP contribution < -0.4 is 4.90 Å². The number of piperazine rings is 1. The van der Waals surface area contributed by atoms with Crippen molar-refractivity contribution in [2.24, 2.45) is 0 Å². The molecule has 0 amide bonds. The van der Waals surface area contributed by atoms with Crippen LogP contribution in [0.3, 0.4) is 0 Å². The lowest BCUT2D eigenvalue weighted by Gasteiger charge is -2.44. The summed E-state index contributed by atoms with van der Waals surface area (Å²) in [6.07, 6.45) is 4.98. The number of hydrogen-bond acceptors (Lipinski definition) is 5. The van der Waals surface area contributed by atoms with Crippen LogP contribution in [0.1, 0.15) is 78.5 Å². The number of benzene rings is 1. The Morgan fingerprint density at radius 2 is 1.94 bits per heavy atom. The molecular formula is C28H31N5O. The zero-order valence-electron chi connectivity index (χ0n) is 20.2.